The summed E-state index contributed by atoms with van der Waals surface area (Å²) in [6, 6.07) is 6.92. The lowest BCUT2D eigenvalue weighted by atomic mass is 9.88. The van der Waals surface area contributed by atoms with E-state index in [4.69, 9.17) is 0 Å². The molecule has 1 heteroatoms. The first-order chi connectivity index (χ1) is 6.63. The molecule has 1 rings (SSSR count). The largest absolute Gasteiger partial charge is 0.207 e. The molecule has 1 aromatic carbocycles. The van der Waals surface area contributed by atoms with Crippen molar-refractivity contribution in [3.05, 3.63) is 35.6 Å². The lowest BCUT2D eigenvalue weighted by Crippen LogP contribution is -2.01. The predicted octanol–water partition coefficient (Wildman–Crippen LogP) is 4.37. The highest BCUT2D eigenvalue weighted by Crippen LogP contribution is 2.26. The van der Waals surface area contributed by atoms with Gasteiger partial charge in [0.2, 0.25) is 0 Å². The van der Waals surface area contributed by atoms with E-state index >= 15 is 0 Å². The minimum atomic E-state index is -0.145. The maximum Gasteiger partial charge on any atom is 0.123 e. The Morgan fingerprint density at radius 2 is 1.71 bits per heavy atom. The lowest BCUT2D eigenvalue weighted by molar-refractivity contribution is 0.488. The van der Waals surface area contributed by atoms with Crippen LogP contribution in [0.3, 0.4) is 0 Å². The van der Waals surface area contributed by atoms with Gasteiger partial charge in [-0.2, -0.15) is 0 Å². The minimum absolute atomic E-state index is 0.145. The summed E-state index contributed by atoms with van der Waals surface area (Å²) < 4.78 is 12.7. The van der Waals surface area contributed by atoms with E-state index in [1.165, 1.54) is 12.0 Å². The van der Waals surface area contributed by atoms with Crippen LogP contribution in [0.5, 0.6) is 0 Å². The molecule has 0 spiro atoms. The van der Waals surface area contributed by atoms with E-state index < -0.39 is 0 Å². The van der Waals surface area contributed by atoms with Crippen LogP contribution in [0, 0.1) is 11.7 Å². The Morgan fingerprint density at radius 1 is 1.14 bits per heavy atom. The molecular weight excluding hydrogens is 175 g/mol. The molecule has 78 valence electrons. The van der Waals surface area contributed by atoms with Gasteiger partial charge in [0.05, 0.1) is 0 Å². The Balaban J connectivity index is 2.73. The summed E-state index contributed by atoms with van der Waals surface area (Å²) in [6.45, 7) is 6.65. The first-order valence-electron chi connectivity index (χ1n) is 5.39. The zero-order valence-electron chi connectivity index (χ0n) is 9.26. The highest BCUT2D eigenvalue weighted by molar-refractivity contribution is 5.20. The Labute approximate surface area is 86.2 Å². The quantitative estimate of drug-likeness (QED) is 0.667. The monoisotopic (exact) mass is 194 g/mol. The van der Waals surface area contributed by atoms with Crippen LogP contribution in [0.4, 0.5) is 4.39 Å². The third-order valence-corrected chi connectivity index (χ3v) is 2.59. The molecule has 14 heavy (non-hydrogen) atoms. The Morgan fingerprint density at radius 3 is 2.14 bits per heavy atom. The fraction of sp³-hybridized carbons (Fsp3) is 0.538. The summed E-state index contributed by atoms with van der Waals surface area (Å²) in [4.78, 5) is 0. The maximum atomic E-state index is 12.7. The number of rotatable bonds is 4. The van der Waals surface area contributed by atoms with Gasteiger partial charge < -0.3 is 0 Å². The second-order valence-corrected chi connectivity index (χ2v) is 4.29. The third-order valence-electron chi connectivity index (χ3n) is 2.59. The van der Waals surface area contributed by atoms with E-state index in [1.807, 2.05) is 12.1 Å². The Bertz CT molecular complexity index is 261. The Hall–Kier alpha value is -0.850. The van der Waals surface area contributed by atoms with Crippen molar-refractivity contribution in [3.8, 4) is 0 Å². The molecule has 0 aliphatic heterocycles. The molecule has 0 nitrogen and oxygen atoms in total. The lowest BCUT2D eigenvalue weighted by Gasteiger charge is -2.17. The zero-order chi connectivity index (χ0) is 10.6. The van der Waals surface area contributed by atoms with Gasteiger partial charge in [-0.3, -0.25) is 0 Å². The van der Waals surface area contributed by atoms with Gasteiger partial charge in [0, 0.05) is 0 Å². The predicted molar refractivity (Wildman–Crippen MR) is 58.9 cm³/mol. The van der Waals surface area contributed by atoms with Crippen molar-refractivity contribution in [2.75, 3.05) is 0 Å². The van der Waals surface area contributed by atoms with E-state index in [0.29, 0.717) is 11.8 Å². The molecule has 0 N–H and O–H groups in total. The molecule has 0 saturated carbocycles. The van der Waals surface area contributed by atoms with E-state index in [9.17, 15) is 4.39 Å². The number of hydrogen-bond acceptors (Lipinski definition) is 0. The van der Waals surface area contributed by atoms with Crippen LogP contribution < -0.4 is 0 Å². The first-order valence-corrected chi connectivity index (χ1v) is 5.39. The molecular formula is C13H19F. The summed E-state index contributed by atoms with van der Waals surface area (Å²) in [5.74, 6) is 1.13. The summed E-state index contributed by atoms with van der Waals surface area (Å²) in [5.41, 5.74) is 1.27. The molecule has 0 aromatic heterocycles. The van der Waals surface area contributed by atoms with Crippen molar-refractivity contribution in [2.24, 2.45) is 5.92 Å². The topological polar surface area (TPSA) is 0 Å². The SMILES string of the molecule is CCC(CC(C)C)c1ccc(F)cc1. The van der Waals surface area contributed by atoms with Crippen LogP contribution in [0.1, 0.15) is 45.1 Å². The van der Waals surface area contributed by atoms with Crippen LogP contribution in [0.2, 0.25) is 0 Å². The van der Waals surface area contributed by atoms with Crippen LogP contribution >= 0.6 is 0 Å². The average molecular weight is 194 g/mol. The van der Waals surface area contributed by atoms with Crippen molar-refractivity contribution in [1.29, 1.82) is 0 Å². The van der Waals surface area contributed by atoms with Gasteiger partial charge in [0.25, 0.3) is 0 Å². The van der Waals surface area contributed by atoms with Gasteiger partial charge in [-0.1, -0.05) is 32.9 Å². The van der Waals surface area contributed by atoms with Crippen molar-refractivity contribution in [3.63, 3.8) is 0 Å². The molecule has 0 radical (unpaired) electrons. The summed E-state index contributed by atoms with van der Waals surface area (Å²) in [6.07, 6.45) is 2.31. The van der Waals surface area contributed by atoms with Gasteiger partial charge in [0.1, 0.15) is 5.82 Å². The molecule has 1 atom stereocenters. The van der Waals surface area contributed by atoms with Crippen molar-refractivity contribution >= 4 is 0 Å². The normalized spacial score (nSPS) is 13.2. The average Bonchev–Trinajstić information content (AvgIpc) is 2.15. The fourth-order valence-corrected chi connectivity index (χ4v) is 1.84. The zero-order valence-corrected chi connectivity index (χ0v) is 9.26. The maximum absolute atomic E-state index is 12.7. The molecule has 0 aliphatic carbocycles. The highest BCUT2D eigenvalue weighted by Gasteiger charge is 2.10. The minimum Gasteiger partial charge on any atom is -0.207 e. The standard InChI is InChI=1S/C13H19F/c1-4-11(9-10(2)3)12-5-7-13(14)8-6-12/h5-8,10-11H,4,9H2,1-3H3. The van der Waals surface area contributed by atoms with Crippen LogP contribution in [0.15, 0.2) is 24.3 Å². The van der Waals surface area contributed by atoms with Gasteiger partial charge in [0.15, 0.2) is 0 Å². The van der Waals surface area contributed by atoms with Gasteiger partial charge in [-0.05, 0) is 42.4 Å². The molecule has 0 heterocycles. The molecule has 0 fully saturated rings. The molecule has 1 unspecified atom stereocenters. The molecule has 0 saturated heterocycles. The number of benzene rings is 1. The van der Waals surface area contributed by atoms with Crippen LogP contribution in [-0.4, -0.2) is 0 Å². The van der Waals surface area contributed by atoms with Crippen LogP contribution in [-0.2, 0) is 0 Å². The summed E-state index contributed by atoms with van der Waals surface area (Å²) in [5, 5.41) is 0. The second-order valence-electron chi connectivity index (χ2n) is 4.29. The van der Waals surface area contributed by atoms with Crippen molar-refractivity contribution in [2.45, 2.75) is 39.5 Å². The first kappa shape index (κ1) is 11.2. The van der Waals surface area contributed by atoms with E-state index in [-0.39, 0.29) is 5.82 Å². The second kappa shape index (κ2) is 5.14. The van der Waals surface area contributed by atoms with E-state index in [2.05, 4.69) is 20.8 Å². The van der Waals surface area contributed by atoms with Crippen molar-refractivity contribution in [1.82, 2.24) is 0 Å². The summed E-state index contributed by atoms with van der Waals surface area (Å²) >= 11 is 0. The number of halogens is 1. The summed E-state index contributed by atoms with van der Waals surface area (Å²) in [7, 11) is 0. The van der Waals surface area contributed by atoms with Crippen LogP contribution in [0.25, 0.3) is 0 Å². The number of hydrogen-bond donors (Lipinski definition) is 0. The van der Waals surface area contributed by atoms with Gasteiger partial charge in [-0.25, -0.2) is 4.39 Å². The molecule has 0 aliphatic rings. The Kier molecular flexibility index (Phi) is 4.12. The van der Waals surface area contributed by atoms with E-state index in [1.54, 1.807) is 12.1 Å². The molecule has 0 amide bonds. The highest BCUT2D eigenvalue weighted by atomic mass is 19.1. The molecule has 0 bridgehead atoms. The fourth-order valence-electron chi connectivity index (χ4n) is 1.84. The van der Waals surface area contributed by atoms with Crippen molar-refractivity contribution < 1.29 is 4.39 Å². The van der Waals surface area contributed by atoms with Gasteiger partial charge in [-0.15, -0.1) is 0 Å². The van der Waals surface area contributed by atoms with Gasteiger partial charge >= 0.3 is 0 Å². The third kappa shape index (κ3) is 3.13. The van der Waals surface area contributed by atoms with E-state index in [0.717, 1.165) is 6.42 Å². The molecule has 1 aromatic rings. The smallest absolute Gasteiger partial charge is 0.123 e.